The van der Waals surface area contributed by atoms with Gasteiger partial charge in [-0.25, -0.2) is 4.79 Å². The molecule has 3 aromatic rings. The van der Waals surface area contributed by atoms with E-state index in [-0.39, 0.29) is 18.1 Å². The molecule has 0 spiro atoms. The molecule has 404 valence electrons. The van der Waals surface area contributed by atoms with Crippen molar-refractivity contribution in [2.45, 2.75) is 239 Å². The van der Waals surface area contributed by atoms with Gasteiger partial charge in [0.05, 0.1) is 12.7 Å². The summed E-state index contributed by atoms with van der Waals surface area (Å²) in [6.45, 7) is 15.4. The average molecular weight is 1000 g/mol. The first-order valence-electron chi connectivity index (χ1n) is 30.5. The Morgan fingerprint density at radius 1 is 0.644 bits per heavy atom. The van der Waals surface area contributed by atoms with Crippen LogP contribution in [0.3, 0.4) is 0 Å². The molecule has 3 aromatic carbocycles. The number of rotatable bonds is 33. The van der Waals surface area contributed by atoms with Gasteiger partial charge >= 0.3 is 5.97 Å². The Hall–Kier alpha value is -3.25. The summed E-state index contributed by atoms with van der Waals surface area (Å²) < 4.78 is 21.1. The van der Waals surface area contributed by atoms with Crippen molar-refractivity contribution in [1.82, 2.24) is 0 Å². The molecule has 0 aliphatic heterocycles. The molecule has 10 atom stereocenters. The fraction of sp³-hybridized carbons (Fsp3) is 0.691. The highest BCUT2D eigenvalue weighted by atomic mass is 16.6. The van der Waals surface area contributed by atoms with Gasteiger partial charge in [0, 0.05) is 6.61 Å². The Morgan fingerprint density at radius 2 is 1.18 bits per heavy atom. The summed E-state index contributed by atoms with van der Waals surface area (Å²) in [4.78, 5) is 13.5. The smallest absolute Gasteiger partial charge is 0.335 e. The largest absolute Gasteiger partial charge is 0.479 e. The lowest BCUT2D eigenvalue weighted by Gasteiger charge is -2.58. The number of carboxylic acid groups (broad SMARTS) is 1. The summed E-state index contributed by atoms with van der Waals surface area (Å²) >= 11 is 0. The molecule has 0 heterocycles. The highest BCUT2D eigenvalue weighted by molar-refractivity contribution is 5.73. The highest BCUT2D eigenvalue weighted by Crippen LogP contribution is 2.67. The van der Waals surface area contributed by atoms with E-state index in [4.69, 9.17) is 14.2 Å². The molecule has 0 bridgehead atoms. The Balaban J connectivity index is 1.02. The highest BCUT2D eigenvalue weighted by Gasteiger charge is 2.59. The van der Waals surface area contributed by atoms with Gasteiger partial charge in [0.15, 0.2) is 6.10 Å². The van der Waals surface area contributed by atoms with Crippen molar-refractivity contribution < 1.29 is 24.1 Å². The van der Waals surface area contributed by atoms with E-state index in [0.29, 0.717) is 17.9 Å². The van der Waals surface area contributed by atoms with E-state index in [9.17, 15) is 9.90 Å². The second-order valence-corrected chi connectivity index (χ2v) is 24.9. The second kappa shape index (κ2) is 28.8. The first kappa shape index (κ1) is 57.5. The number of unbranched alkanes of at least 4 members (excludes halogenated alkanes) is 15. The van der Waals surface area contributed by atoms with Crippen LogP contribution in [0, 0.1) is 46.3 Å². The minimum Gasteiger partial charge on any atom is -0.479 e. The maximum Gasteiger partial charge on any atom is 0.335 e. The van der Waals surface area contributed by atoms with Gasteiger partial charge in [0.1, 0.15) is 11.7 Å². The molecule has 3 saturated carbocycles. The van der Waals surface area contributed by atoms with Crippen LogP contribution < -0.4 is 0 Å². The fourth-order valence-corrected chi connectivity index (χ4v) is 15.4. The number of hydrogen-bond acceptors (Lipinski definition) is 4. The Morgan fingerprint density at radius 3 is 1.70 bits per heavy atom. The minimum atomic E-state index is -1.16. The average Bonchev–Trinajstić information content (AvgIpc) is 3.76. The lowest BCUT2D eigenvalue weighted by Crippen LogP contribution is -2.52. The molecule has 3 fully saturated rings. The third-order valence-corrected chi connectivity index (χ3v) is 19.5. The van der Waals surface area contributed by atoms with Crippen molar-refractivity contribution in [3.63, 3.8) is 0 Å². The van der Waals surface area contributed by atoms with Crippen LogP contribution in [0.25, 0.3) is 0 Å². The van der Waals surface area contributed by atoms with E-state index in [2.05, 4.69) is 120 Å². The van der Waals surface area contributed by atoms with Crippen LogP contribution in [-0.4, -0.2) is 42.6 Å². The molecule has 0 amide bonds. The van der Waals surface area contributed by atoms with Crippen molar-refractivity contribution in [2.75, 3.05) is 13.2 Å². The molecule has 7 rings (SSSR count). The Labute approximate surface area is 445 Å². The maximum absolute atomic E-state index is 13.5. The summed E-state index contributed by atoms with van der Waals surface area (Å²) in [5.41, 5.74) is 4.13. The summed E-state index contributed by atoms with van der Waals surface area (Å²) in [7, 11) is 0. The molecule has 4 aliphatic rings. The molecule has 0 saturated heterocycles. The van der Waals surface area contributed by atoms with Gasteiger partial charge in [-0.05, 0) is 121 Å². The lowest BCUT2D eigenvalue weighted by atomic mass is 9.47. The molecule has 0 radical (unpaired) electrons. The van der Waals surface area contributed by atoms with Gasteiger partial charge in [-0.15, -0.1) is 0 Å². The summed E-state index contributed by atoms with van der Waals surface area (Å²) in [5.74, 6) is 3.76. The number of benzene rings is 3. The van der Waals surface area contributed by atoms with Gasteiger partial charge in [0.25, 0.3) is 0 Å². The van der Waals surface area contributed by atoms with Gasteiger partial charge in [0.2, 0.25) is 0 Å². The van der Waals surface area contributed by atoms with E-state index >= 15 is 0 Å². The van der Waals surface area contributed by atoms with Crippen LogP contribution in [0.5, 0.6) is 0 Å². The van der Waals surface area contributed by atoms with Crippen LogP contribution in [0.2, 0.25) is 0 Å². The van der Waals surface area contributed by atoms with E-state index in [0.717, 1.165) is 84.8 Å². The van der Waals surface area contributed by atoms with Crippen molar-refractivity contribution >= 4 is 5.97 Å². The summed E-state index contributed by atoms with van der Waals surface area (Å²) in [6.07, 6.45) is 34.9. The Kier molecular flexibility index (Phi) is 22.6. The van der Waals surface area contributed by atoms with Gasteiger partial charge in [-0.1, -0.05) is 260 Å². The zero-order valence-electron chi connectivity index (χ0n) is 47.0. The number of carbonyl (C=O) groups is 1. The van der Waals surface area contributed by atoms with Gasteiger partial charge < -0.3 is 19.3 Å². The third kappa shape index (κ3) is 14.8. The zero-order valence-corrected chi connectivity index (χ0v) is 47.0. The number of carboxylic acids is 1. The summed E-state index contributed by atoms with van der Waals surface area (Å²) in [5, 5.41) is 11.1. The molecule has 0 aromatic heterocycles. The molecule has 73 heavy (non-hydrogen) atoms. The van der Waals surface area contributed by atoms with Crippen LogP contribution >= 0.6 is 0 Å². The van der Waals surface area contributed by atoms with Crippen LogP contribution in [-0.2, 0) is 24.6 Å². The number of hydrogen-bond donors (Lipinski definition) is 1. The van der Waals surface area contributed by atoms with E-state index in [1.807, 2.05) is 18.2 Å². The zero-order chi connectivity index (χ0) is 51.5. The Bertz CT molecular complexity index is 1950. The molecule has 6 unspecified atom stereocenters. The topological polar surface area (TPSA) is 65.0 Å². The predicted molar refractivity (Wildman–Crippen MR) is 304 cm³/mol. The molecule has 5 heteroatoms. The third-order valence-electron chi connectivity index (χ3n) is 19.5. The minimum absolute atomic E-state index is 0.0590. The van der Waals surface area contributed by atoms with Gasteiger partial charge in [-0.3, -0.25) is 0 Å². The standard InChI is InChI=1S/C68H102O5/c1-7-8-9-10-11-12-13-14-15-16-17-18-19-20-21-31-49-71-64(65(69)70)63(51-72-68(54-35-25-22-26-36-54,55-37-27-23-28-38-55)56-39-29-24-30-40-56)73-58-45-47-66(5)57(50-58)41-42-59-61-44-43-60(53(4)34-32-33-52(2)3)67(61,6)48-46-62(59)66/h22-30,35-41,52-53,58-64H,7-21,31-34,42-51H2,1-6H3,(H,69,70)/t53-,58?,59?,60-,61?,62?,63?,64?,66+,67-/m1/s1. The number of fused-ring (bicyclic) bond motifs is 5. The molecule has 5 nitrogen and oxygen atoms in total. The van der Waals surface area contributed by atoms with Crippen LogP contribution in [0.1, 0.15) is 232 Å². The number of aliphatic carboxylic acids is 1. The molecular weight excluding hydrogens is 897 g/mol. The SMILES string of the molecule is CCCCCCCCCCCCCCCCCCOC(C(=O)O)C(COC(c1ccccc1)(c1ccccc1)c1ccccc1)OC1CC[C@@]2(C)C(=CCC3C2CC[C@@]2(C)C3CC[C@@H]2[C@H](C)CCCC(C)C)C1. The normalized spacial score (nSPS) is 26.1. The quantitative estimate of drug-likeness (QED) is 0.0374. The van der Waals surface area contributed by atoms with Crippen molar-refractivity contribution in [1.29, 1.82) is 0 Å². The fourth-order valence-electron chi connectivity index (χ4n) is 15.4. The van der Waals surface area contributed by atoms with Crippen molar-refractivity contribution in [2.24, 2.45) is 46.3 Å². The van der Waals surface area contributed by atoms with Crippen LogP contribution in [0.15, 0.2) is 103 Å². The molecular formula is C68H102O5. The van der Waals surface area contributed by atoms with E-state index < -0.39 is 23.8 Å². The maximum atomic E-state index is 13.5. The molecule has 1 N–H and O–H groups in total. The van der Waals surface area contributed by atoms with E-state index in [1.54, 1.807) is 5.57 Å². The summed E-state index contributed by atoms with van der Waals surface area (Å²) in [6, 6.07) is 31.2. The predicted octanol–water partition coefficient (Wildman–Crippen LogP) is 18.5. The lowest BCUT2D eigenvalue weighted by molar-refractivity contribution is -0.181. The van der Waals surface area contributed by atoms with E-state index in [1.165, 1.54) is 135 Å². The van der Waals surface area contributed by atoms with Crippen molar-refractivity contribution in [3.8, 4) is 0 Å². The van der Waals surface area contributed by atoms with Gasteiger partial charge in [-0.2, -0.15) is 0 Å². The first-order chi connectivity index (χ1) is 35.5. The first-order valence-corrected chi connectivity index (χ1v) is 30.5. The monoisotopic (exact) mass is 999 g/mol. The van der Waals surface area contributed by atoms with Crippen LogP contribution in [0.4, 0.5) is 0 Å². The second-order valence-electron chi connectivity index (χ2n) is 24.9. The number of allylic oxidation sites excluding steroid dienone is 1. The number of ether oxygens (including phenoxy) is 3. The molecule has 4 aliphatic carbocycles. The van der Waals surface area contributed by atoms with Crippen molar-refractivity contribution in [3.05, 3.63) is 119 Å².